The van der Waals surface area contributed by atoms with Crippen LogP contribution in [0.2, 0.25) is 5.02 Å². The molecule has 0 saturated heterocycles. The molecule has 0 atom stereocenters. The Bertz CT molecular complexity index is 781. The Labute approximate surface area is 143 Å². The van der Waals surface area contributed by atoms with E-state index in [4.69, 9.17) is 21.4 Å². The summed E-state index contributed by atoms with van der Waals surface area (Å²) in [5.41, 5.74) is 1.73. The van der Waals surface area contributed by atoms with Gasteiger partial charge in [-0.3, -0.25) is 4.79 Å². The summed E-state index contributed by atoms with van der Waals surface area (Å²) < 4.78 is 5.42. The molecule has 0 radical (unpaired) electrons. The molecule has 2 aromatic rings. The van der Waals surface area contributed by atoms with Crippen molar-refractivity contribution < 1.29 is 24.5 Å². The molecule has 0 heterocycles. The Morgan fingerprint density at radius 2 is 1.79 bits per heavy atom. The van der Waals surface area contributed by atoms with Gasteiger partial charge in [0.15, 0.2) is 6.61 Å². The summed E-state index contributed by atoms with van der Waals surface area (Å²) in [7, 11) is 0. The van der Waals surface area contributed by atoms with Crippen LogP contribution in [0.1, 0.15) is 21.5 Å². The van der Waals surface area contributed by atoms with Crippen molar-refractivity contribution in [1.82, 2.24) is 0 Å². The van der Waals surface area contributed by atoms with Gasteiger partial charge in [-0.05, 0) is 49.2 Å². The highest BCUT2D eigenvalue weighted by molar-refractivity contribution is 6.32. The standard InChI is InChI=1S/C17H16ClNO5/c1-9-5-12(6-10(2)16(9)18)24-8-15(21)19-11-3-4-13(17(22)23)14(20)7-11/h3-7,20H,8H2,1-2H3,(H,19,21)(H,22,23). The second kappa shape index (κ2) is 7.23. The molecule has 0 aliphatic heterocycles. The topological polar surface area (TPSA) is 95.9 Å². The largest absolute Gasteiger partial charge is 0.507 e. The van der Waals surface area contributed by atoms with Crippen molar-refractivity contribution in [2.45, 2.75) is 13.8 Å². The summed E-state index contributed by atoms with van der Waals surface area (Å²) in [6.07, 6.45) is 0. The number of carboxylic acids is 1. The minimum Gasteiger partial charge on any atom is -0.507 e. The summed E-state index contributed by atoms with van der Waals surface area (Å²) in [6.45, 7) is 3.45. The molecule has 2 rings (SSSR count). The molecule has 7 heteroatoms. The number of hydrogen-bond acceptors (Lipinski definition) is 4. The maximum absolute atomic E-state index is 11.9. The zero-order valence-electron chi connectivity index (χ0n) is 13.1. The number of aryl methyl sites for hydroxylation is 2. The number of rotatable bonds is 5. The van der Waals surface area contributed by atoms with Crippen molar-refractivity contribution in [3.8, 4) is 11.5 Å². The molecular formula is C17H16ClNO5. The molecule has 0 fully saturated rings. The van der Waals surface area contributed by atoms with Crippen LogP contribution in [0, 0.1) is 13.8 Å². The predicted octanol–water partition coefficient (Wildman–Crippen LogP) is 3.38. The first-order valence-corrected chi connectivity index (χ1v) is 7.41. The highest BCUT2D eigenvalue weighted by Crippen LogP contribution is 2.26. The smallest absolute Gasteiger partial charge is 0.339 e. The lowest BCUT2D eigenvalue weighted by molar-refractivity contribution is -0.118. The van der Waals surface area contributed by atoms with Crippen LogP contribution in [-0.2, 0) is 4.79 Å². The molecular weight excluding hydrogens is 334 g/mol. The Hall–Kier alpha value is -2.73. The van der Waals surface area contributed by atoms with Crippen LogP contribution in [0.5, 0.6) is 11.5 Å². The maximum atomic E-state index is 11.9. The van der Waals surface area contributed by atoms with Crippen molar-refractivity contribution in [1.29, 1.82) is 0 Å². The highest BCUT2D eigenvalue weighted by atomic mass is 35.5. The second-order valence-corrected chi connectivity index (χ2v) is 5.62. The fraction of sp³-hybridized carbons (Fsp3) is 0.176. The van der Waals surface area contributed by atoms with Gasteiger partial charge in [0.25, 0.3) is 5.91 Å². The summed E-state index contributed by atoms with van der Waals surface area (Å²) in [4.78, 5) is 22.7. The van der Waals surface area contributed by atoms with E-state index in [9.17, 15) is 14.7 Å². The zero-order chi connectivity index (χ0) is 17.9. The number of amides is 1. The quantitative estimate of drug-likeness (QED) is 0.769. The Balaban J connectivity index is 1.99. The van der Waals surface area contributed by atoms with Crippen LogP contribution in [-0.4, -0.2) is 28.7 Å². The van der Waals surface area contributed by atoms with Gasteiger partial charge in [-0.25, -0.2) is 4.79 Å². The summed E-state index contributed by atoms with van der Waals surface area (Å²) in [5.74, 6) is -1.59. The SMILES string of the molecule is Cc1cc(OCC(=O)Nc2ccc(C(=O)O)c(O)c2)cc(C)c1Cl. The molecule has 0 aliphatic rings. The summed E-state index contributed by atoms with van der Waals surface area (Å²) in [6, 6.07) is 7.22. The molecule has 0 bridgehead atoms. The van der Waals surface area contributed by atoms with Gasteiger partial charge < -0.3 is 20.3 Å². The number of halogens is 1. The second-order valence-electron chi connectivity index (χ2n) is 5.24. The monoisotopic (exact) mass is 349 g/mol. The van der Waals surface area contributed by atoms with Crippen LogP contribution in [0.4, 0.5) is 5.69 Å². The lowest BCUT2D eigenvalue weighted by Crippen LogP contribution is -2.20. The summed E-state index contributed by atoms with van der Waals surface area (Å²) in [5, 5.41) is 21.6. The molecule has 0 aliphatic carbocycles. The van der Waals surface area contributed by atoms with Crippen molar-refractivity contribution >= 4 is 29.2 Å². The average molecular weight is 350 g/mol. The van der Waals surface area contributed by atoms with E-state index in [2.05, 4.69) is 5.32 Å². The minimum atomic E-state index is -1.25. The van der Waals surface area contributed by atoms with Crippen LogP contribution in [0.25, 0.3) is 0 Å². The fourth-order valence-electron chi connectivity index (χ4n) is 2.13. The molecule has 2 aromatic carbocycles. The molecule has 0 unspecified atom stereocenters. The lowest BCUT2D eigenvalue weighted by atomic mass is 10.1. The first-order valence-electron chi connectivity index (χ1n) is 7.03. The average Bonchev–Trinajstić information content (AvgIpc) is 2.50. The van der Waals surface area contributed by atoms with Crippen LogP contribution in [0.3, 0.4) is 0 Å². The summed E-state index contributed by atoms with van der Waals surface area (Å²) >= 11 is 6.07. The van der Waals surface area contributed by atoms with Gasteiger partial charge in [0.05, 0.1) is 0 Å². The fourth-order valence-corrected chi connectivity index (χ4v) is 2.23. The van der Waals surface area contributed by atoms with E-state index >= 15 is 0 Å². The van der Waals surface area contributed by atoms with Crippen LogP contribution >= 0.6 is 11.6 Å². The number of phenols is 1. The third kappa shape index (κ3) is 4.17. The number of carbonyl (C=O) groups is 2. The van der Waals surface area contributed by atoms with E-state index in [0.29, 0.717) is 10.8 Å². The van der Waals surface area contributed by atoms with E-state index in [1.807, 2.05) is 13.8 Å². The van der Waals surface area contributed by atoms with Crippen molar-refractivity contribution in [2.75, 3.05) is 11.9 Å². The number of ether oxygens (including phenoxy) is 1. The third-order valence-electron chi connectivity index (χ3n) is 3.29. The van der Waals surface area contributed by atoms with Crippen molar-refractivity contribution in [3.63, 3.8) is 0 Å². The number of hydrogen-bond donors (Lipinski definition) is 3. The molecule has 0 spiro atoms. The molecule has 0 aromatic heterocycles. The number of carboxylic acid groups (broad SMARTS) is 1. The Morgan fingerprint density at radius 3 is 2.33 bits per heavy atom. The molecule has 1 amide bonds. The number of benzene rings is 2. The minimum absolute atomic E-state index is 0.234. The van der Waals surface area contributed by atoms with Gasteiger partial charge in [-0.1, -0.05) is 11.6 Å². The van der Waals surface area contributed by atoms with Gasteiger partial charge in [0, 0.05) is 16.8 Å². The van der Waals surface area contributed by atoms with E-state index in [-0.39, 0.29) is 17.9 Å². The van der Waals surface area contributed by atoms with Crippen LogP contribution in [0.15, 0.2) is 30.3 Å². The molecule has 6 nitrogen and oxygen atoms in total. The number of aromatic carboxylic acids is 1. The van der Waals surface area contributed by atoms with Crippen molar-refractivity contribution in [2.24, 2.45) is 0 Å². The number of aromatic hydroxyl groups is 1. The van der Waals surface area contributed by atoms with E-state index in [1.165, 1.54) is 12.1 Å². The van der Waals surface area contributed by atoms with Gasteiger partial charge in [0.1, 0.15) is 17.1 Å². The van der Waals surface area contributed by atoms with Gasteiger partial charge >= 0.3 is 5.97 Å². The van der Waals surface area contributed by atoms with Crippen molar-refractivity contribution in [3.05, 3.63) is 52.0 Å². The molecule has 3 N–H and O–H groups in total. The van der Waals surface area contributed by atoms with E-state index < -0.39 is 17.6 Å². The first-order chi connectivity index (χ1) is 11.3. The van der Waals surface area contributed by atoms with Gasteiger partial charge in [-0.15, -0.1) is 0 Å². The Kier molecular flexibility index (Phi) is 5.31. The maximum Gasteiger partial charge on any atom is 0.339 e. The number of anilines is 1. The first kappa shape index (κ1) is 17.6. The van der Waals surface area contributed by atoms with E-state index in [1.54, 1.807) is 12.1 Å². The molecule has 0 saturated carbocycles. The van der Waals surface area contributed by atoms with Crippen LogP contribution < -0.4 is 10.1 Å². The molecule has 126 valence electrons. The third-order valence-corrected chi connectivity index (χ3v) is 3.89. The lowest BCUT2D eigenvalue weighted by Gasteiger charge is -2.11. The molecule has 24 heavy (non-hydrogen) atoms. The number of carbonyl (C=O) groups excluding carboxylic acids is 1. The zero-order valence-corrected chi connectivity index (χ0v) is 13.8. The Morgan fingerprint density at radius 1 is 1.17 bits per heavy atom. The highest BCUT2D eigenvalue weighted by Gasteiger charge is 2.11. The predicted molar refractivity (Wildman–Crippen MR) is 90.1 cm³/mol. The van der Waals surface area contributed by atoms with Gasteiger partial charge in [0.2, 0.25) is 0 Å². The van der Waals surface area contributed by atoms with Gasteiger partial charge in [-0.2, -0.15) is 0 Å². The van der Waals surface area contributed by atoms with E-state index in [0.717, 1.165) is 17.2 Å². The normalized spacial score (nSPS) is 10.3. The number of nitrogens with one attached hydrogen (secondary N) is 1.